The number of hydrogen-bond acceptors (Lipinski definition) is 8. The van der Waals surface area contributed by atoms with Gasteiger partial charge in [0.25, 0.3) is 5.91 Å². The Morgan fingerprint density at radius 2 is 1.39 bits per heavy atom. The number of unbranched alkanes of at least 4 members (excludes halogenated alkanes) is 1. The van der Waals surface area contributed by atoms with Gasteiger partial charge in [-0.05, 0) is 56.3 Å². The van der Waals surface area contributed by atoms with Crippen molar-refractivity contribution in [1.29, 1.82) is 0 Å². The molecule has 0 saturated carbocycles. The minimum absolute atomic E-state index is 0.295. The first kappa shape index (κ1) is 41.7. The summed E-state index contributed by atoms with van der Waals surface area (Å²) in [6.07, 6.45) is 2.79. The number of amides is 4. The van der Waals surface area contributed by atoms with Gasteiger partial charge in [-0.3, -0.25) is 19.2 Å². The maximum atomic E-state index is 14.2. The SMILES string of the molecule is C=CCCC[C@@H]1OC(=O)[C@H](C(C)C)N(C)C(=O)[C@@H]2CCCN2C(=O)[C@@H]([C@H](C)CC)OC(=O)[C@@H](C(C)C)N(C)C(=O)[C@@H](C(C)C)NC(=O)[C@H]1C. The second kappa shape index (κ2) is 18.5. The lowest BCUT2D eigenvalue weighted by Gasteiger charge is -2.37. The molecule has 1 N–H and O–H groups in total. The van der Waals surface area contributed by atoms with Gasteiger partial charge in [0.2, 0.25) is 17.7 Å². The lowest BCUT2D eigenvalue weighted by Crippen LogP contribution is -2.58. The van der Waals surface area contributed by atoms with Crippen LogP contribution in [0.5, 0.6) is 0 Å². The fourth-order valence-electron chi connectivity index (χ4n) is 6.81. The van der Waals surface area contributed by atoms with Gasteiger partial charge in [-0.15, -0.1) is 6.58 Å². The van der Waals surface area contributed by atoms with Gasteiger partial charge in [-0.2, -0.15) is 0 Å². The third-order valence-corrected chi connectivity index (χ3v) is 10.1. The molecule has 0 bridgehead atoms. The predicted octanol–water partition coefficient (Wildman–Crippen LogP) is 3.96. The highest BCUT2D eigenvalue weighted by Crippen LogP contribution is 2.28. The normalized spacial score (nSPS) is 29.3. The molecule has 0 aromatic heterocycles. The lowest BCUT2D eigenvalue weighted by molar-refractivity contribution is -0.172. The zero-order valence-electron chi connectivity index (χ0n) is 31.7. The molecule has 12 heteroatoms. The number of nitrogens with zero attached hydrogens (tertiary/aromatic N) is 3. The number of carbonyl (C=O) groups is 6. The molecule has 2 saturated heterocycles. The molecule has 4 amide bonds. The predicted molar refractivity (Wildman–Crippen MR) is 187 cm³/mol. The second-order valence-corrected chi connectivity index (χ2v) is 14.9. The fourth-order valence-corrected chi connectivity index (χ4v) is 6.81. The van der Waals surface area contributed by atoms with Crippen LogP contribution >= 0.6 is 0 Å². The lowest BCUT2D eigenvalue weighted by atomic mass is 9.95. The highest BCUT2D eigenvalue weighted by atomic mass is 16.6. The van der Waals surface area contributed by atoms with E-state index in [1.807, 2.05) is 27.7 Å². The number of fused-ring (bicyclic) bond motifs is 1. The quantitative estimate of drug-likeness (QED) is 0.218. The maximum Gasteiger partial charge on any atom is 0.329 e. The first-order valence-electron chi connectivity index (χ1n) is 18.1. The second-order valence-electron chi connectivity index (χ2n) is 14.9. The van der Waals surface area contributed by atoms with Gasteiger partial charge in [0.15, 0.2) is 6.10 Å². The number of ether oxygens (including phenoxy) is 2. The molecule has 0 spiro atoms. The van der Waals surface area contributed by atoms with E-state index >= 15 is 0 Å². The van der Waals surface area contributed by atoms with Gasteiger partial charge in [0.1, 0.15) is 30.3 Å². The van der Waals surface area contributed by atoms with E-state index in [4.69, 9.17) is 9.47 Å². The van der Waals surface area contributed by atoms with Crippen LogP contribution in [0.3, 0.4) is 0 Å². The Bertz CT molecular complexity index is 1200. The third kappa shape index (κ3) is 10.1. The number of likely N-dealkylation sites (N-methyl/N-ethyl adjacent to an activating group) is 2. The first-order chi connectivity index (χ1) is 22.9. The highest BCUT2D eigenvalue weighted by Gasteiger charge is 2.46. The van der Waals surface area contributed by atoms with Crippen LogP contribution in [0, 0.1) is 29.6 Å². The summed E-state index contributed by atoms with van der Waals surface area (Å²) >= 11 is 0. The van der Waals surface area contributed by atoms with E-state index in [0.29, 0.717) is 45.1 Å². The Balaban J connectivity index is 2.74. The molecule has 278 valence electrons. The van der Waals surface area contributed by atoms with Gasteiger partial charge >= 0.3 is 11.9 Å². The van der Waals surface area contributed by atoms with Crippen LogP contribution in [0.25, 0.3) is 0 Å². The standard InChI is InChI=1S/C37H62N4O8/c1-13-15-16-19-27-25(10)32(42)38-28(21(3)4)34(44)40(12)30(23(7)8)37(47)49-31(24(9)14-2)35(45)41-20-17-18-26(41)33(43)39(11)29(22(5)6)36(46)48-27/h13,21-31H,1,14-20H2,2-12H3,(H,38,42)/t24-,25+,26+,27+,28-,29+,30-,31-/m1/s1. The Morgan fingerprint density at radius 1 is 0.837 bits per heavy atom. The molecule has 0 aliphatic carbocycles. The van der Waals surface area contributed by atoms with Crippen LogP contribution in [-0.2, 0) is 38.2 Å². The van der Waals surface area contributed by atoms with E-state index in [-0.39, 0.29) is 23.7 Å². The summed E-state index contributed by atoms with van der Waals surface area (Å²) in [7, 11) is 3.04. The molecule has 2 rings (SSSR count). The fraction of sp³-hybridized carbons (Fsp3) is 0.784. The molecule has 0 aromatic carbocycles. The largest absolute Gasteiger partial charge is 0.460 e. The van der Waals surface area contributed by atoms with Crippen molar-refractivity contribution in [3.8, 4) is 0 Å². The maximum absolute atomic E-state index is 14.2. The van der Waals surface area contributed by atoms with Crippen molar-refractivity contribution in [2.24, 2.45) is 29.6 Å². The zero-order chi connectivity index (χ0) is 37.3. The van der Waals surface area contributed by atoms with Gasteiger partial charge in [-0.1, -0.05) is 68.4 Å². The van der Waals surface area contributed by atoms with Crippen LogP contribution < -0.4 is 5.32 Å². The van der Waals surface area contributed by atoms with Crippen molar-refractivity contribution >= 4 is 35.6 Å². The van der Waals surface area contributed by atoms with Crippen molar-refractivity contribution in [3.05, 3.63) is 12.7 Å². The van der Waals surface area contributed by atoms with E-state index in [1.165, 1.54) is 28.8 Å². The van der Waals surface area contributed by atoms with E-state index in [2.05, 4.69) is 11.9 Å². The van der Waals surface area contributed by atoms with Gasteiger partial charge in [0, 0.05) is 26.6 Å². The number of carbonyl (C=O) groups excluding carboxylic acids is 6. The Labute approximate surface area is 293 Å². The molecule has 2 fully saturated rings. The minimum Gasteiger partial charge on any atom is -0.460 e. The van der Waals surface area contributed by atoms with E-state index < -0.39 is 77.9 Å². The molecule has 8 atom stereocenters. The van der Waals surface area contributed by atoms with Gasteiger partial charge in [0.05, 0.1) is 5.92 Å². The molecule has 2 aliphatic rings. The number of allylic oxidation sites excluding steroid dienone is 1. The van der Waals surface area contributed by atoms with Crippen molar-refractivity contribution < 1.29 is 38.2 Å². The summed E-state index contributed by atoms with van der Waals surface area (Å²) in [5.41, 5.74) is 0. The van der Waals surface area contributed by atoms with Crippen LogP contribution in [-0.4, -0.2) is 107 Å². The van der Waals surface area contributed by atoms with Crippen molar-refractivity contribution in [1.82, 2.24) is 20.0 Å². The van der Waals surface area contributed by atoms with E-state index in [1.54, 1.807) is 40.7 Å². The number of nitrogens with one attached hydrogen (secondary N) is 1. The molecule has 2 heterocycles. The average molecular weight is 691 g/mol. The van der Waals surface area contributed by atoms with Crippen LogP contribution in [0.15, 0.2) is 12.7 Å². The Kier molecular flexibility index (Phi) is 15.8. The summed E-state index contributed by atoms with van der Waals surface area (Å²) in [6, 6.07) is -3.89. The van der Waals surface area contributed by atoms with Gasteiger partial charge in [-0.25, -0.2) is 9.59 Å². The minimum atomic E-state index is -1.19. The summed E-state index contributed by atoms with van der Waals surface area (Å²) in [5, 5.41) is 2.87. The van der Waals surface area contributed by atoms with Crippen molar-refractivity contribution in [3.63, 3.8) is 0 Å². The topological polar surface area (TPSA) is 143 Å². The smallest absolute Gasteiger partial charge is 0.329 e. The first-order valence-corrected chi connectivity index (χ1v) is 18.1. The molecule has 49 heavy (non-hydrogen) atoms. The monoisotopic (exact) mass is 690 g/mol. The molecular weight excluding hydrogens is 628 g/mol. The van der Waals surface area contributed by atoms with E-state index in [0.717, 1.165) is 0 Å². The summed E-state index contributed by atoms with van der Waals surface area (Å²) < 4.78 is 12.1. The highest BCUT2D eigenvalue weighted by molar-refractivity contribution is 5.95. The van der Waals surface area contributed by atoms with E-state index in [9.17, 15) is 28.8 Å². The number of esters is 2. The molecule has 0 unspecified atom stereocenters. The number of cyclic esters (lactones) is 2. The summed E-state index contributed by atoms with van der Waals surface area (Å²) in [6.45, 7) is 20.2. The van der Waals surface area contributed by atoms with Crippen LogP contribution in [0.2, 0.25) is 0 Å². The van der Waals surface area contributed by atoms with Crippen molar-refractivity contribution in [2.75, 3.05) is 20.6 Å². The number of rotatable bonds is 9. The van der Waals surface area contributed by atoms with Crippen LogP contribution in [0.4, 0.5) is 0 Å². The molecule has 12 nitrogen and oxygen atoms in total. The average Bonchev–Trinajstić information content (AvgIpc) is 3.53. The molecule has 2 aliphatic heterocycles. The molecule has 0 aromatic rings. The number of hydrogen-bond donors (Lipinski definition) is 1. The molecular formula is C37H62N4O8. The Hall–Kier alpha value is -3.44. The Morgan fingerprint density at radius 3 is 1.90 bits per heavy atom. The third-order valence-electron chi connectivity index (χ3n) is 10.1. The van der Waals surface area contributed by atoms with Gasteiger partial charge < -0.3 is 29.5 Å². The summed E-state index contributed by atoms with van der Waals surface area (Å²) in [4.78, 5) is 88.1. The molecule has 0 radical (unpaired) electrons. The van der Waals surface area contributed by atoms with Crippen LogP contribution in [0.1, 0.15) is 101 Å². The zero-order valence-corrected chi connectivity index (χ0v) is 31.7. The summed E-state index contributed by atoms with van der Waals surface area (Å²) in [5.74, 6) is -5.53. The van der Waals surface area contributed by atoms with Crippen molar-refractivity contribution in [2.45, 2.75) is 137 Å².